The monoisotopic (exact) mass is 323 g/mol. The molecule has 2 aromatic rings. The van der Waals surface area contributed by atoms with Crippen LogP contribution >= 0.6 is 0 Å². The van der Waals surface area contributed by atoms with Crippen LogP contribution < -0.4 is 10.1 Å². The summed E-state index contributed by atoms with van der Waals surface area (Å²) in [7, 11) is 1.69. The largest absolute Gasteiger partial charge is 0.497 e. The number of rotatable bonds is 8. The third-order valence-corrected chi connectivity index (χ3v) is 4.29. The van der Waals surface area contributed by atoms with Crippen LogP contribution in [0, 0.1) is 5.92 Å². The van der Waals surface area contributed by atoms with E-state index in [0.29, 0.717) is 12.0 Å². The van der Waals surface area contributed by atoms with Crippen molar-refractivity contribution in [2.24, 2.45) is 5.92 Å². The molecule has 0 aliphatic heterocycles. The molecule has 128 valence electrons. The Kier molecular flexibility index (Phi) is 6.92. The van der Waals surface area contributed by atoms with E-state index in [0.717, 1.165) is 24.3 Å². The highest BCUT2D eigenvalue weighted by molar-refractivity contribution is 5.47. The van der Waals surface area contributed by atoms with Gasteiger partial charge in [-0.2, -0.15) is 0 Å². The smallest absolute Gasteiger partial charge is 0.119 e. The summed E-state index contributed by atoms with van der Waals surface area (Å²) < 4.78 is 5.22. The van der Waals surface area contributed by atoms with Crippen molar-refractivity contribution < 1.29 is 4.74 Å². The van der Waals surface area contributed by atoms with Crippen LogP contribution in [0.2, 0.25) is 0 Å². The van der Waals surface area contributed by atoms with Gasteiger partial charge in [-0.3, -0.25) is 0 Å². The average Bonchev–Trinajstić information content (AvgIpc) is 2.59. The van der Waals surface area contributed by atoms with Gasteiger partial charge in [-0.1, -0.05) is 55.8 Å². The zero-order chi connectivity index (χ0) is 17.4. The topological polar surface area (TPSA) is 21.3 Å². The van der Waals surface area contributed by atoms with Crippen molar-refractivity contribution in [2.75, 3.05) is 12.4 Å². The first-order chi connectivity index (χ1) is 11.6. The molecule has 0 amide bonds. The maximum atomic E-state index is 5.22. The Morgan fingerprint density at radius 2 is 1.71 bits per heavy atom. The second-order valence-corrected chi connectivity index (χ2v) is 6.67. The van der Waals surface area contributed by atoms with Crippen molar-refractivity contribution in [3.63, 3.8) is 0 Å². The van der Waals surface area contributed by atoms with Crippen LogP contribution in [0.5, 0.6) is 5.75 Å². The summed E-state index contributed by atoms with van der Waals surface area (Å²) >= 11 is 0. The fourth-order valence-corrected chi connectivity index (χ4v) is 2.72. The highest BCUT2D eigenvalue weighted by atomic mass is 16.5. The number of anilines is 1. The molecule has 0 aliphatic carbocycles. The van der Waals surface area contributed by atoms with Gasteiger partial charge in [0.2, 0.25) is 0 Å². The van der Waals surface area contributed by atoms with E-state index >= 15 is 0 Å². The van der Waals surface area contributed by atoms with Gasteiger partial charge in [0.05, 0.1) is 7.11 Å². The maximum absolute atomic E-state index is 5.22. The van der Waals surface area contributed by atoms with Crippen molar-refractivity contribution in [3.8, 4) is 5.75 Å². The maximum Gasteiger partial charge on any atom is 0.119 e. The number of allylic oxidation sites excluding steroid dienone is 1. The minimum absolute atomic E-state index is 0.420. The lowest BCUT2D eigenvalue weighted by atomic mass is 9.97. The van der Waals surface area contributed by atoms with Crippen LogP contribution in [0.4, 0.5) is 5.69 Å². The minimum Gasteiger partial charge on any atom is -0.497 e. The van der Waals surface area contributed by atoms with E-state index in [1.165, 1.54) is 11.1 Å². The standard InChI is InChI=1S/C22H29NO/c1-17(2)22(23-20-11-13-21(24-4)14-12-20)15-10-18(3)16-19-8-6-5-7-9-19/h5-14,17,22-23H,15-16H2,1-4H3/b18-10+. The summed E-state index contributed by atoms with van der Waals surface area (Å²) in [4.78, 5) is 0. The van der Waals surface area contributed by atoms with Crippen LogP contribution in [0.3, 0.4) is 0 Å². The number of nitrogens with one attached hydrogen (secondary N) is 1. The van der Waals surface area contributed by atoms with E-state index in [9.17, 15) is 0 Å². The van der Waals surface area contributed by atoms with Crippen molar-refractivity contribution in [3.05, 3.63) is 71.8 Å². The minimum atomic E-state index is 0.420. The molecule has 0 spiro atoms. The molecule has 0 aliphatic rings. The number of ether oxygens (including phenoxy) is 1. The molecule has 1 N–H and O–H groups in total. The Labute approximate surface area is 146 Å². The lowest BCUT2D eigenvalue weighted by Gasteiger charge is -2.23. The summed E-state index contributed by atoms with van der Waals surface area (Å²) in [6.45, 7) is 6.75. The summed E-state index contributed by atoms with van der Waals surface area (Å²) in [6.07, 6.45) is 4.42. The van der Waals surface area contributed by atoms with E-state index < -0.39 is 0 Å². The molecule has 0 radical (unpaired) electrons. The van der Waals surface area contributed by atoms with E-state index in [1.54, 1.807) is 7.11 Å². The van der Waals surface area contributed by atoms with Crippen LogP contribution in [-0.2, 0) is 6.42 Å². The van der Waals surface area contributed by atoms with Gasteiger partial charge in [-0.25, -0.2) is 0 Å². The second-order valence-electron chi connectivity index (χ2n) is 6.67. The Morgan fingerprint density at radius 3 is 2.29 bits per heavy atom. The molecule has 2 nitrogen and oxygen atoms in total. The van der Waals surface area contributed by atoms with Gasteiger partial charge in [0.15, 0.2) is 0 Å². The number of benzene rings is 2. The van der Waals surface area contributed by atoms with Gasteiger partial charge in [0.25, 0.3) is 0 Å². The second kappa shape index (κ2) is 9.17. The van der Waals surface area contributed by atoms with Gasteiger partial charge < -0.3 is 10.1 Å². The number of methoxy groups -OCH3 is 1. The summed E-state index contributed by atoms with van der Waals surface area (Å²) in [6, 6.07) is 19.2. The molecule has 1 unspecified atom stereocenters. The fraction of sp³-hybridized carbons (Fsp3) is 0.364. The van der Waals surface area contributed by atoms with Crippen LogP contribution in [0.1, 0.15) is 32.8 Å². The predicted octanol–water partition coefficient (Wildman–Crippen LogP) is 5.71. The van der Waals surface area contributed by atoms with Crippen molar-refractivity contribution in [2.45, 2.75) is 39.7 Å². The normalized spacial score (nSPS) is 13.0. The van der Waals surface area contributed by atoms with E-state index in [2.05, 4.69) is 74.6 Å². The zero-order valence-electron chi connectivity index (χ0n) is 15.3. The molecule has 0 saturated carbocycles. The highest BCUT2D eigenvalue weighted by Crippen LogP contribution is 2.20. The predicted molar refractivity (Wildman–Crippen MR) is 104 cm³/mol. The Morgan fingerprint density at radius 1 is 1.04 bits per heavy atom. The third kappa shape index (κ3) is 5.77. The quantitative estimate of drug-likeness (QED) is 0.628. The molecule has 24 heavy (non-hydrogen) atoms. The van der Waals surface area contributed by atoms with Crippen molar-refractivity contribution in [1.82, 2.24) is 0 Å². The summed E-state index contributed by atoms with van der Waals surface area (Å²) in [5.74, 6) is 1.45. The molecule has 2 rings (SSSR count). The third-order valence-electron chi connectivity index (χ3n) is 4.29. The van der Waals surface area contributed by atoms with E-state index in [-0.39, 0.29) is 0 Å². The van der Waals surface area contributed by atoms with Crippen LogP contribution in [0.25, 0.3) is 0 Å². The Hall–Kier alpha value is -2.22. The zero-order valence-corrected chi connectivity index (χ0v) is 15.3. The van der Waals surface area contributed by atoms with Gasteiger partial charge >= 0.3 is 0 Å². The number of hydrogen-bond acceptors (Lipinski definition) is 2. The molecule has 1 atom stereocenters. The first kappa shape index (κ1) is 18.1. The van der Waals surface area contributed by atoms with E-state index in [1.807, 2.05) is 12.1 Å². The molecule has 2 heteroatoms. The SMILES string of the molecule is COc1ccc(NC(C/C=C(\C)Cc2ccccc2)C(C)C)cc1. The molecular formula is C22H29NO. The Bertz CT molecular complexity index is 629. The summed E-state index contributed by atoms with van der Waals surface area (Å²) in [5.41, 5.74) is 3.93. The van der Waals surface area contributed by atoms with Gasteiger partial charge in [0, 0.05) is 11.7 Å². The van der Waals surface area contributed by atoms with Crippen molar-refractivity contribution >= 4 is 5.69 Å². The molecular weight excluding hydrogens is 294 g/mol. The first-order valence-electron chi connectivity index (χ1n) is 8.68. The van der Waals surface area contributed by atoms with Gasteiger partial charge in [-0.05, 0) is 55.5 Å². The molecule has 0 fully saturated rings. The first-order valence-corrected chi connectivity index (χ1v) is 8.68. The van der Waals surface area contributed by atoms with Crippen molar-refractivity contribution in [1.29, 1.82) is 0 Å². The van der Waals surface area contributed by atoms with Crippen LogP contribution in [0.15, 0.2) is 66.2 Å². The molecule has 0 bridgehead atoms. The molecule has 0 heterocycles. The van der Waals surface area contributed by atoms with Gasteiger partial charge in [0.1, 0.15) is 5.75 Å². The highest BCUT2D eigenvalue weighted by Gasteiger charge is 2.12. The molecule has 2 aromatic carbocycles. The summed E-state index contributed by atoms with van der Waals surface area (Å²) in [5, 5.41) is 3.65. The number of hydrogen-bond donors (Lipinski definition) is 1. The molecule has 0 saturated heterocycles. The fourth-order valence-electron chi connectivity index (χ4n) is 2.72. The lowest BCUT2D eigenvalue weighted by molar-refractivity contribution is 0.415. The average molecular weight is 323 g/mol. The lowest BCUT2D eigenvalue weighted by Crippen LogP contribution is -2.25. The van der Waals surface area contributed by atoms with E-state index in [4.69, 9.17) is 4.74 Å². The molecule has 0 aromatic heterocycles. The van der Waals surface area contributed by atoms with Crippen LogP contribution in [-0.4, -0.2) is 13.2 Å². The van der Waals surface area contributed by atoms with Gasteiger partial charge in [-0.15, -0.1) is 0 Å². The Balaban J connectivity index is 1.95.